The van der Waals surface area contributed by atoms with Crippen molar-refractivity contribution < 1.29 is 20.4 Å². The number of imidazole rings is 1. The summed E-state index contributed by atoms with van der Waals surface area (Å²) in [5.74, 6) is 0. The van der Waals surface area contributed by atoms with Crippen molar-refractivity contribution in [1.29, 1.82) is 0 Å². The van der Waals surface area contributed by atoms with Crippen LogP contribution in [-0.2, 0) is 20.4 Å². The third-order valence-corrected chi connectivity index (χ3v) is 1.24. The van der Waals surface area contributed by atoms with Crippen LogP contribution in [0.5, 0.6) is 0 Å². The van der Waals surface area contributed by atoms with Crippen LogP contribution in [0.4, 0.5) is 0 Å². The van der Waals surface area contributed by atoms with Gasteiger partial charge in [0.2, 0.25) is 0 Å². The van der Waals surface area contributed by atoms with Crippen LogP contribution in [0, 0.1) is 6.42 Å². The van der Waals surface area contributed by atoms with Crippen molar-refractivity contribution in [2.24, 2.45) is 0 Å². The number of hydrogen-bond donors (Lipinski definition) is 0. The monoisotopic (exact) mass is 351 g/mol. The summed E-state index contributed by atoms with van der Waals surface area (Å²) >= 11 is 0. The Kier molecular flexibility index (Phi) is 16.4. The molecule has 1 radical (unpaired) electrons. The molecule has 0 aliphatic rings. The smallest absolute Gasteiger partial charge is 0 e. The van der Waals surface area contributed by atoms with Gasteiger partial charge in [0, 0.05) is 20.4 Å². The summed E-state index contributed by atoms with van der Waals surface area (Å²) in [4.78, 5) is 7.22. The van der Waals surface area contributed by atoms with Crippen LogP contribution in [0.2, 0.25) is 0 Å². The number of rotatable bonds is 4. The van der Waals surface area contributed by atoms with Crippen LogP contribution in [0.1, 0.15) is 26.2 Å². The zero-order chi connectivity index (χ0) is 9.07. The van der Waals surface area contributed by atoms with Crippen molar-refractivity contribution in [1.82, 2.24) is 9.97 Å². The summed E-state index contributed by atoms with van der Waals surface area (Å²) in [5.41, 5.74) is 0. The first-order chi connectivity index (χ1) is 5.91. The minimum absolute atomic E-state index is 0. The minimum atomic E-state index is 0. The van der Waals surface area contributed by atoms with Gasteiger partial charge in [0.15, 0.2) is 0 Å². The Bertz CT molecular complexity index is 144. The van der Waals surface area contributed by atoms with E-state index in [1.165, 1.54) is 19.2 Å². The van der Waals surface area contributed by atoms with Crippen molar-refractivity contribution in [2.75, 3.05) is 0 Å². The first kappa shape index (κ1) is 15.1. The number of nitrogens with zero attached hydrogens (tertiary/aromatic N) is 2. The van der Waals surface area contributed by atoms with E-state index >= 15 is 0 Å². The number of allylic oxidation sites excluding steroid dienone is 1. The third kappa shape index (κ3) is 14.5. The molecule has 0 saturated heterocycles. The molecular weight excluding hydrogens is 334 g/mol. The van der Waals surface area contributed by atoms with E-state index in [1.807, 2.05) is 6.08 Å². The summed E-state index contributed by atoms with van der Waals surface area (Å²) in [6.45, 7) is 5.77. The molecule has 1 aromatic rings. The van der Waals surface area contributed by atoms with Crippen LogP contribution in [0.15, 0.2) is 31.4 Å². The second kappa shape index (κ2) is 14.2. The molecular formula is C10H16N2Re-2. The van der Waals surface area contributed by atoms with Gasteiger partial charge in [-0.3, -0.25) is 0 Å². The van der Waals surface area contributed by atoms with Gasteiger partial charge in [0.05, 0.1) is 0 Å². The number of hydrogen-bond acceptors (Lipinski definition) is 1. The van der Waals surface area contributed by atoms with E-state index in [0.717, 1.165) is 6.42 Å². The van der Waals surface area contributed by atoms with Crippen molar-refractivity contribution in [3.8, 4) is 0 Å². The average Bonchev–Trinajstić information content (AvgIpc) is 2.62. The zero-order valence-corrected chi connectivity index (χ0v) is 10.7. The quantitative estimate of drug-likeness (QED) is 0.474. The van der Waals surface area contributed by atoms with E-state index in [-0.39, 0.29) is 20.4 Å². The van der Waals surface area contributed by atoms with Gasteiger partial charge in [0.25, 0.3) is 0 Å². The molecule has 2 nitrogen and oxygen atoms in total. The van der Waals surface area contributed by atoms with E-state index in [1.54, 1.807) is 12.4 Å². The fraction of sp³-hybridized carbons (Fsp3) is 0.400. The van der Waals surface area contributed by atoms with Crippen molar-refractivity contribution in [3.63, 3.8) is 0 Å². The maximum absolute atomic E-state index is 3.61. The van der Waals surface area contributed by atoms with Crippen molar-refractivity contribution >= 4 is 0 Å². The Morgan fingerprint density at radius 2 is 2.38 bits per heavy atom. The van der Waals surface area contributed by atoms with Gasteiger partial charge in [-0.15, -0.1) is 6.58 Å². The maximum atomic E-state index is 3.61. The fourth-order valence-corrected chi connectivity index (χ4v) is 0.632. The molecule has 3 heteroatoms. The Labute approximate surface area is 94.5 Å². The molecule has 0 bridgehead atoms. The normalized spacial score (nSPS) is 7.77. The van der Waals surface area contributed by atoms with Gasteiger partial charge in [-0.05, 0) is 0 Å². The van der Waals surface area contributed by atoms with E-state index in [9.17, 15) is 0 Å². The summed E-state index contributed by atoms with van der Waals surface area (Å²) in [6, 6.07) is 0. The van der Waals surface area contributed by atoms with Gasteiger partial charge in [-0.25, -0.2) is 0 Å². The zero-order valence-electron chi connectivity index (χ0n) is 7.99. The molecule has 0 fully saturated rings. The van der Waals surface area contributed by atoms with Gasteiger partial charge in [0.1, 0.15) is 0 Å². The second-order valence-electron chi connectivity index (χ2n) is 2.27. The van der Waals surface area contributed by atoms with E-state index in [4.69, 9.17) is 0 Å². The molecule has 0 amide bonds. The summed E-state index contributed by atoms with van der Waals surface area (Å²) in [7, 11) is 0. The maximum Gasteiger partial charge on any atom is 0 e. The molecule has 0 aliphatic heterocycles. The Balaban J connectivity index is 0. The topological polar surface area (TPSA) is 27.0 Å². The first-order valence-corrected chi connectivity index (χ1v) is 4.21. The molecule has 0 aromatic carbocycles. The van der Waals surface area contributed by atoms with Crippen LogP contribution >= 0.6 is 0 Å². The predicted octanol–water partition coefficient (Wildman–Crippen LogP) is 2.60. The predicted molar refractivity (Wildman–Crippen MR) is 51.6 cm³/mol. The summed E-state index contributed by atoms with van der Waals surface area (Å²) < 4.78 is 0. The molecule has 0 spiro atoms. The Hall–Kier alpha value is -0.388. The number of aromatic nitrogens is 2. The number of unbranched alkanes of at least 4 members (excludes halogenated alkanes) is 3. The van der Waals surface area contributed by atoms with Gasteiger partial charge < -0.3 is 16.4 Å². The summed E-state index contributed by atoms with van der Waals surface area (Å²) in [5, 5.41) is 0. The van der Waals surface area contributed by atoms with Gasteiger partial charge >= 0.3 is 0 Å². The molecule has 0 N–H and O–H groups in total. The molecule has 1 aromatic heterocycles. The molecule has 13 heavy (non-hydrogen) atoms. The van der Waals surface area contributed by atoms with Crippen LogP contribution < -0.4 is 4.98 Å². The molecule has 1 rings (SSSR count). The first-order valence-electron chi connectivity index (χ1n) is 4.21. The Morgan fingerprint density at radius 3 is 2.69 bits per heavy atom. The largest absolute Gasteiger partial charge is 0.450 e. The minimum Gasteiger partial charge on any atom is -0.450 e. The van der Waals surface area contributed by atoms with E-state index in [2.05, 4.69) is 29.9 Å². The SMILES string of the molecule is C=CCC[CH-]CC.[Re].c1c[n-]cn1. The van der Waals surface area contributed by atoms with Crippen molar-refractivity contribution in [3.05, 3.63) is 37.8 Å². The molecule has 0 unspecified atom stereocenters. The Morgan fingerprint density at radius 1 is 1.62 bits per heavy atom. The van der Waals surface area contributed by atoms with Crippen LogP contribution in [0.3, 0.4) is 0 Å². The average molecular weight is 350 g/mol. The van der Waals surface area contributed by atoms with E-state index in [0.29, 0.717) is 0 Å². The molecule has 75 valence electrons. The third-order valence-electron chi connectivity index (χ3n) is 1.24. The second-order valence-corrected chi connectivity index (χ2v) is 2.27. The van der Waals surface area contributed by atoms with Gasteiger partial charge in [-0.2, -0.15) is 12.8 Å². The van der Waals surface area contributed by atoms with Crippen molar-refractivity contribution in [2.45, 2.75) is 26.2 Å². The molecule has 0 atom stereocenters. The van der Waals surface area contributed by atoms with Crippen LogP contribution in [0.25, 0.3) is 0 Å². The summed E-state index contributed by atoms with van der Waals surface area (Å²) in [6.07, 6.45) is 12.5. The standard InChI is InChI=1S/C7H13.C3H3N2.Re/c1-3-5-7-6-4-2;1-2-5-3-4-1;/h3,6H,1,4-5,7H2,2H3;1-3H;/q2*-1;. The van der Waals surface area contributed by atoms with Gasteiger partial charge in [-0.1, -0.05) is 38.1 Å². The molecule has 0 saturated carbocycles. The fourth-order valence-electron chi connectivity index (χ4n) is 0.632. The van der Waals surface area contributed by atoms with E-state index < -0.39 is 0 Å². The molecule has 1 heterocycles. The molecule has 0 aliphatic carbocycles. The van der Waals surface area contributed by atoms with Crippen LogP contribution in [-0.4, -0.2) is 4.98 Å².